The monoisotopic (exact) mass is 446 g/mol. The average Bonchev–Trinajstić information content (AvgIpc) is 2.86. The molecule has 3 aromatic carbocycles. The summed E-state index contributed by atoms with van der Waals surface area (Å²) in [7, 11) is 1.61. The summed E-state index contributed by atoms with van der Waals surface area (Å²) in [4.78, 5) is 29.1. The predicted molar refractivity (Wildman–Crippen MR) is 129 cm³/mol. The van der Waals surface area contributed by atoms with E-state index in [1.165, 1.54) is 0 Å². The molecule has 172 valence electrons. The Morgan fingerprint density at radius 3 is 2.39 bits per heavy atom. The standard InChI is InChI=1S/C27H30N2O4/c1-20-12-13-22(19-25(20)32-2)27(31)29-16-14-28(15-17-29)26(30)11-6-18-33-24-10-5-8-21-7-3-4-9-23(21)24/h3-5,7-10,12-13,19H,6,11,14-18H2,1-2H3. The molecule has 0 aromatic heterocycles. The summed E-state index contributed by atoms with van der Waals surface area (Å²) in [5, 5.41) is 2.22. The number of ether oxygens (including phenoxy) is 2. The Balaban J connectivity index is 1.23. The van der Waals surface area contributed by atoms with Crippen LogP contribution in [0.25, 0.3) is 10.8 Å². The van der Waals surface area contributed by atoms with Crippen LogP contribution in [0, 0.1) is 6.92 Å². The van der Waals surface area contributed by atoms with Crippen molar-refractivity contribution in [3.63, 3.8) is 0 Å². The van der Waals surface area contributed by atoms with Crippen molar-refractivity contribution in [1.29, 1.82) is 0 Å². The molecule has 0 radical (unpaired) electrons. The Morgan fingerprint density at radius 1 is 0.879 bits per heavy atom. The van der Waals surface area contributed by atoms with E-state index in [2.05, 4.69) is 12.1 Å². The molecule has 0 atom stereocenters. The molecule has 0 bridgehead atoms. The van der Waals surface area contributed by atoms with Crippen molar-refractivity contribution in [2.45, 2.75) is 19.8 Å². The van der Waals surface area contributed by atoms with Gasteiger partial charge >= 0.3 is 0 Å². The average molecular weight is 447 g/mol. The van der Waals surface area contributed by atoms with Crippen LogP contribution in [0.5, 0.6) is 11.5 Å². The molecular formula is C27H30N2O4. The second kappa shape index (κ2) is 10.4. The van der Waals surface area contributed by atoms with E-state index in [0.29, 0.717) is 56.9 Å². The molecule has 1 saturated heterocycles. The second-order valence-electron chi connectivity index (χ2n) is 8.29. The van der Waals surface area contributed by atoms with Crippen molar-refractivity contribution < 1.29 is 19.1 Å². The third kappa shape index (κ3) is 5.28. The molecule has 3 aromatic rings. The SMILES string of the molecule is COc1cc(C(=O)N2CCN(C(=O)CCCOc3cccc4ccccc34)CC2)ccc1C. The molecule has 4 rings (SSSR count). The van der Waals surface area contributed by atoms with Crippen molar-refractivity contribution in [3.05, 3.63) is 71.8 Å². The van der Waals surface area contributed by atoms with E-state index in [1.54, 1.807) is 18.1 Å². The lowest BCUT2D eigenvalue weighted by Crippen LogP contribution is -2.50. The van der Waals surface area contributed by atoms with Crippen LogP contribution in [0.15, 0.2) is 60.7 Å². The van der Waals surface area contributed by atoms with Gasteiger partial charge in [0.05, 0.1) is 13.7 Å². The number of nitrogens with zero attached hydrogens (tertiary/aromatic N) is 2. The van der Waals surface area contributed by atoms with Gasteiger partial charge in [-0.05, 0) is 42.5 Å². The van der Waals surface area contributed by atoms with Gasteiger partial charge in [0, 0.05) is 43.5 Å². The normalized spacial score (nSPS) is 13.8. The van der Waals surface area contributed by atoms with Gasteiger partial charge in [0.1, 0.15) is 11.5 Å². The van der Waals surface area contributed by atoms with Crippen LogP contribution >= 0.6 is 0 Å². The minimum Gasteiger partial charge on any atom is -0.496 e. The van der Waals surface area contributed by atoms with Gasteiger partial charge in [-0.2, -0.15) is 0 Å². The second-order valence-corrected chi connectivity index (χ2v) is 8.29. The Labute approximate surface area is 194 Å². The molecule has 6 heteroatoms. The number of piperazine rings is 1. The zero-order valence-electron chi connectivity index (χ0n) is 19.3. The van der Waals surface area contributed by atoms with Crippen molar-refractivity contribution >= 4 is 22.6 Å². The van der Waals surface area contributed by atoms with Gasteiger partial charge in [0.2, 0.25) is 5.91 Å². The first kappa shape index (κ1) is 22.6. The number of carbonyl (C=O) groups is 2. The molecule has 6 nitrogen and oxygen atoms in total. The van der Waals surface area contributed by atoms with Crippen molar-refractivity contribution in [2.24, 2.45) is 0 Å². The molecule has 33 heavy (non-hydrogen) atoms. The molecule has 1 fully saturated rings. The Bertz CT molecular complexity index is 1130. The van der Waals surface area contributed by atoms with E-state index in [1.807, 2.05) is 54.3 Å². The van der Waals surface area contributed by atoms with E-state index in [9.17, 15) is 9.59 Å². The lowest BCUT2D eigenvalue weighted by atomic mass is 10.1. The lowest BCUT2D eigenvalue weighted by Gasteiger charge is -2.35. The molecule has 2 amide bonds. The Hall–Kier alpha value is -3.54. The first-order valence-electron chi connectivity index (χ1n) is 11.4. The molecule has 0 spiro atoms. The highest BCUT2D eigenvalue weighted by atomic mass is 16.5. The van der Waals surface area contributed by atoms with Gasteiger partial charge < -0.3 is 19.3 Å². The van der Waals surface area contributed by atoms with Crippen molar-refractivity contribution in [2.75, 3.05) is 39.9 Å². The maximum absolute atomic E-state index is 12.8. The van der Waals surface area contributed by atoms with Crippen LogP contribution in [0.1, 0.15) is 28.8 Å². The van der Waals surface area contributed by atoms with Crippen LogP contribution < -0.4 is 9.47 Å². The highest BCUT2D eigenvalue weighted by Gasteiger charge is 2.25. The number of amides is 2. The zero-order valence-corrected chi connectivity index (χ0v) is 19.3. The molecule has 1 heterocycles. The minimum absolute atomic E-state index is 0.0242. The Kier molecular flexibility index (Phi) is 7.13. The smallest absolute Gasteiger partial charge is 0.254 e. The Morgan fingerprint density at radius 2 is 1.61 bits per heavy atom. The molecule has 0 saturated carbocycles. The summed E-state index contributed by atoms with van der Waals surface area (Å²) in [5.41, 5.74) is 1.61. The largest absolute Gasteiger partial charge is 0.496 e. The van der Waals surface area contributed by atoms with Gasteiger partial charge in [-0.1, -0.05) is 42.5 Å². The molecule has 0 unspecified atom stereocenters. The topological polar surface area (TPSA) is 59.1 Å². The highest BCUT2D eigenvalue weighted by molar-refractivity contribution is 5.95. The summed E-state index contributed by atoms with van der Waals surface area (Å²) < 4.78 is 11.3. The van der Waals surface area contributed by atoms with E-state index >= 15 is 0 Å². The van der Waals surface area contributed by atoms with E-state index in [-0.39, 0.29) is 11.8 Å². The molecular weight excluding hydrogens is 416 g/mol. The van der Waals surface area contributed by atoms with E-state index in [0.717, 1.165) is 22.1 Å². The number of aryl methyl sites for hydroxylation is 1. The number of benzene rings is 3. The van der Waals surface area contributed by atoms with Crippen LogP contribution in [-0.4, -0.2) is 61.5 Å². The summed E-state index contributed by atoms with van der Waals surface area (Å²) in [5.74, 6) is 1.64. The van der Waals surface area contributed by atoms with Crippen LogP contribution in [-0.2, 0) is 4.79 Å². The number of carbonyl (C=O) groups excluding carboxylic acids is 2. The van der Waals surface area contributed by atoms with E-state index < -0.39 is 0 Å². The predicted octanol–water partition coefficient (Wildman–Crippen LogP) is 4.30. The number of hydrogen-bond donors (Lipinski definition) is 0. The first-order valence-corrected chi connectivity index (χ1v) is 11.4. The summed E-state index contributed by atoms with van der Waals surface area (Å²) in [6.07, 6.45) is 1.10. The maximum Gasteiger partial charge on any atom is 0.254 e. The third-order valence-electron chi connectivity index (χ3n) is 6.12. The number of hydrogen-bond acceptors (Lipinski definition) is 4. The lowest BCUT2D eigenvalue weighted by molar-refractivity contribution is -0.132. The number of fused-ring (bicyclic) bond motifs is 1. The molecule has 0 aliphatic carbocycles. The van der Waals surface area contributed by atoms with Crippen LogP contribution in [0.4, 0.5) is 0 Å². The quantitative estimate of drug-likeness (QED) is 0.508. The fourth-order valence-corrected chi connectivity index (χ4v) is 4.18. The fourth-order valence-electron chi connectivity index (χ4n) is 4.18. The van der Waals surface area contributed by atoms with Crippen LogP contribution in [0.3, 0.4) is 0 Å². The van der Waals surface area contributed by atoms with E-state index in [4.69, 9.17) is 9.47 Å². The molecule has 0 N–H and O–H groups in total. The highest BCUT2D eigenvalue weighted by Crippen LogP contribution is 2.25. The van der Waals surface area contributed by atoms with Gasteiger partial charge in [-0.25, -0.2) is 0 Å². The fraction of sp³-hybridized carbons (Fsp3) is 0.333. The van der Waals surface area contributed by atoms with Crippen molar-refractivity contribution in [1.82, 2.24) is 9.80 Å². The first-order chi connectivity index (χ1) is 16.1. The number of rotatable bonds is 7. The summed E-state index contributed by atoms with van der Waals surface area (Å²) >= 11 is 0. The summed E-state index contributed by atoms with van der Waals surface area (Å²) in [6, 6.07) is 19.6. The van der Waals surface area contributed by atoms with Crippen molar-refractivity contribution in [3.8, 4) is 11.5 Å². The zero-order chi connectivity index (χ0) is 23.2. The van der Waals surface area contributed by atoms with Gasteiger partial charge in [0.15, 0.2) is 0 Å². The third-order valence-corrected chi connectivity index (χ3v) is 6.12. The summed E-state index contributed by atoms with van der Waals surface area (Å²) in [6.45, 7) is 4.62. The van der Waals surface area contributed by atoms with Gasteiger partial charge in [-0.15, -0.1) is 0 Å². The maximum atomic E-state index is 12.8. The minimum atomic E-state index is -0.0242. The number of methoxy groups -OCH3 is 1. The van der Waals surface area contributed by atoms with Crippen LogP contribution in [0.2, 0.25) is 0 Å². The molecule has 1 aliphatic heterocycles. The van der Waals surface area contributed by atoms with Gasteiger partial charge in [0.25, 0.3) is 5.91 Å². The van der Waals surface area contributed by atoms with Gasteiger partial charge in [-0.3, -0.25) is 9.59 Å². The molecule has 1 aliphatic rings.